The first-order valence-electron chi connectivity index (χ1n) is 6.50. The number of hydrogen-bond acceptors (Lipinski definition) is 1. The van der Waals surface area contributed by atoms with Gasteiger partial charge in [0, 0.05) is 5.56 Å². The molecule has 0 spiro atoms. The minimum absolute atomic E-state index is 1.14. The van der Waals surface area contributed by atoms with E-state index in [0.717, 1.165) is 5.69 Å². The van der Waals surface area contributed by atoms with Crippen molar-refractivity contribution < 1.29 is 0 Å². The molecule has 0 aliphatic heterocycles. The van der Waals surface area contributed by atoms with Gasteiger partial charge in [0.2, 0.25) is 0 Å². The molecule has 0 saturated heterocycles. The summed E-state index contributed by atoms with van der Waals surface area (Å²) in [5.74, 6) is 0. The first-order valence-corrected chi connectivity index (χ1v) is 7.58. The van der Waals surface area contributed by atoms with Crippen molar-refractivity contribution in [2.45, 2.75) is 0 Å². The third kappa shape index (κ3) is 2.70. The van der Waals surface area contributed by atoms with Crippen LogP contribution in [-0.4, -0.2) is 0 Å². The van der Waals surface area contributed by atoms with Gasteiger partial charge < -0.3 is 3.53 Å². The quantitative estimate of drug-likeness (QED) is 0.454. The lowest BCUT2D eigenvalue weighted by Gasteiger charge is -2.09. The number of hydrogen-bond donors (Lipinski definition) is 1. The highest BCUT2D eigenvalue weighted by Gasteiger charge is 2.04. The summed E-state index contributed by atoms with van der Waals surface area (Å²) >= 11 is 2.17. The first-order chi connectivity index (χ1) is 9.88. The molecular formula is C18H14IN. The summed E-state index contributed by atoms with van der Waals surface area (Å²) in [7, 11) is 0. The van der Waals surface area contributed by atoms with E-state index in [4.69, 9.17) is 0 Å². The van der Waals surface area contributed by atoms with E-state index in [0.29, 0.717) is 0 Å². The van der Waals surface area contributed by atoms with Crippen LogP contribution >= 0.6 is 22.9 Å². The van der Waals surface area contributed by atoms with Crippen LogP contribution in [0.25, 0.3) is 22.3 Å². The molecule has 3 aromatic rings. The van der Waals surface area contributed by atoms with Crippen LogP contribution < -0.4 is 3.53 Å². The number of anilines is 1. The van der Waals surface area contributed by atoms with Crippen LogP contribution in [-0.2, 0) is 0 Å². The Morgan fingerprint density at radius 1 is 0.550 bits per heavy atom. The Morgan fingerprint density at radius 2 is 1.10 bits per heavy atom. The summed E-state index contributed by atoms with van der Waals surface area (Å²) < 4.78 is 3.21. The van der Waals surface area contributed by atoms with Crippen LogP contribution in [0.3, 0.4) is 0 Å². The Hall–Kier alpha value is -1.81. The molecule has 0 fully saturated rings. The Kier molecular flexibility index (Phi) is 4.02. The van der Waals surface area contributed by atoms with Crippen LogP contribution in [0.1, 0.15) is 0 Å². The standard InChI is InChI=1S/C18H14IN/c19-20-18-9-5-4-8-17(18)16-12-10-15(11-13-16)14-6-2-1-3-7-14/h1-13,20H. The molecule has 3 rings (SSSR count). The van der Waals surface area contributed by atoms with Gasteiger partial charge in [-0.05, 0) is 22.8 Å². The Labute approximate surface area is 133 Å². The number of nitrogens with one attached hydrogen (secondary N) is 1. The van der Waals surface area contributed by atoms with Gasteiger partial charge in [0.05, 0.1) is 28.6 Å². The molecule has 20 heavy (non-hydrogen) atoms. The Bertz CT molecular complexity index is 690. The van der Waals surface area contributed by atoms with Gasteiger partial charge in [-0.25, -0.2) is 0 Å². The molecule has 0 saturated carbocycles. The average Bonchev–Trinajstić information content (AvgIpc) is 2.56. The van der Waals surface area contributed by atoms with E-state index < -0.39 is 0 Å². The molecule has 0 aromatic heterocycles. The lowest BCUT2D eigenvalue weighted by atomic mass is 9.99. The molecule has 0 atom stereocenters. The fourth-order valence-corrected chi connectivity index (χ4v) is 2.76. The van der Waals surface area contributed by atoms with Gasteiger partial charge >= 0.3 is 0 Å². The van der Waals surface area contributed by atoms with Crippen LogP contribution in [0.4, 0.5) is 5.69 Å². The third-order valence-electron chi connectivity index (χ3n) is 3.33. The van der Waals surface area contributed by atoms with E-state index in [1.54, 1.807) is 0 Å². The van der Waals surface area contributed by atoms with Gasteiger partial charge in [0.15, 0.2) is 0 Å². The maximum Gasteiger partial charge on any atom is 0.0560 e. The van der Waals surface area contributed by atoms with Gasteiger partial charge in [-0.1, -0.05) is 72.8 Å². The monoisotopic (exact) mass is 371 g/mol. The van der Waals surface area contributed by atoms with E-state index in [2.05, 4.69) is 93.1 Å². The van der Waals surface area contributed by atoms with Crippen LogP contribution in [0, 0.1) is 0 Å². The van der Waals surface area contributed by atoms with E-state index >= 15 is 0 Å². The van der Waals surface area contributed by atoms with Gasteiger partial charge in [0.25, 0.3) is 0 Å². The summed E-state index contributed by atoms with van der Waals surface area (Å²) in [6, 6.07) is 27.5. The van der Waals surface area contributed by atoms with Gasteiger partial charge in [-0.3, -0.25) is 0 Å². The van der Waals surface area contributed by atoms with Crippen molar-refractivity contribution in [1.29, 1.82) is 0 Å². The second-order valence-corrected chi connectivity index (χ2v) is 5.12. The van der Waals surface area contributed by atoms with Crippen LogP contribution in [0.15, 0.2) is 78.9 Å². The molecule has 0 aliphatic carbocycles. The van der Waals surface area contributed by atoms with Crippen molar-refractivity contribution in [2.24, 2.45) is 0 Å². The topological polar surface area (TPSA) is 12.0 Å². The van der Waals surface area contributed by atoms with Crippen molar-refractivity contribution in [3.05, 3.63) is 78.9 Å². The molecule has 3 aromatic carbocycles. The normalized spacial score (nSPS) is 10.2. The number of halogens is 1. The number of benzene rings is 3. The average molecular weight is 371 g/mol. The second-order valence-electron chi connectivity index (χ2n) is 4.58. The summed E-state index contributed by atoms with van der Waals surface area (Å²) in [5.41, 5.74) is 6.08. The van der Waals surface area contributed by atoms with Crippen LogP contribution in [0.5, 0.6) is 0 Å². The van der Waals surface area contributed by atoms with Gasteiger partial charge in [-0.2, -0.15) is 0 Å². The minimum Gasteiger partial charge on any atom is -0.328 e. The van der Waals surface area contributed by atoms with Gasteiger partial charge in [-0.15, -0.1) is 0 Å². The van der Waals surface area contributed by atoms with Crippen molar-refractivity contribution >= 4 is 28.6 Å². The van der Waals surface area contributed by atoms with Crippen molar-refractivity contribution in [2.75, 3.05) is 3.53 Å². The highest BCUT2D eigenvalue weighted by molar-refractivity contribution is 14.1. The molecule has 98 valence electrons. The first kappa shape index (κ1) is 13.2. The molecule has 0 heterocycles. The van der Waals surface area contributed by atoms with Crippen molar-refractivity contribution in [3.8, 4) is 22.3 Å². The largest absolute Gasteiger partial charge is 0.328 e. The molecule has 0 radical (unpaired) electrons. The van der Waals surface area contributed by atoms with E-state index in [9.17, 15) is 0 Å². The highest BCUT2D eigenvalue weighted by Crippen LogP contribution is 2.30. The summed E-state index contributed by atoms with van der Waals surface area (Å²) in [6.45, 7) is 0. The molecule has 1 N–H and O–H groups in total. The van der Waals surface area contributed by atoms with Crippen LogP contribution in [0.2, 0.25) is 0 Å². The van der Waals surface area contributed by atoms with Crippen molar-refractivity contribution in [1.82, 2.24) is 0 Å². The summed E-state index contributed by atoms with van der Waals surface area (Å²) in [6.07, 6.45) is 0. The molecule has 0 bridgehead atoms. The zero-order valence-corrected chi connectivity index (χ0v) is 13.0. The number of para-hydroxylation sites is 1. The maximum atomic E-state index is 3.21. The molecule has 2 heteroatoms. The van der Waals surface area contributed by atoms with Gasteiger partial charge in [0.1, 0.15) is 0 Å². The highest BCUT2D eigenvalue weighted by atomic mass is 127. The predicted molar refractivity (Wildman–Crippen MR) is 95.0 cm³/mol. The maximum absolute atomic E-state index is 3.21. The zero-order chi connectivity index (χ0) is 13.8. The fraction of sp³-hybridized carbons (Fsp3) is 0. The second kappa shape index (κ2) is 6.09. The molecule has 1 nitrogen and oxygen atoms in total. The van der Waals surface area contributed by atoms with E-state index in [1.165, 1.54) is 22.3 Å². The van der Waals surface area contributed by atoms with E-state index in [-0.39, 0.29) is 0 Å². The Morgan fingerprint density at radius 3 is 1.80 bits per heavy atom. The molecule has 0 aliphatic rings. The number of rotatable bonds is 3. The summed E-state index contributed by atoms with van der Waals surface area (Å²) in [5, 5.41) is 0. The summed E-state index contributed by atoms with van der Waals surface area (Å²) in [4.78, 5) is 0. The molecule has 0 unspecified atom stereocenters. The molecule has 0 amide bonds. The van der Waals surface area contributed by atoms with Crippen molar-refractivity contribution in [3.63, 3.8) is 0 Å². The van der Waals surface area contributed by atoms with E-state index in [1.807, 2.05) is 12.1 Å². The third-order valence-corrected chi connectivity index (χ3v) is 3.91. The zero-order valence-electron chi connectivity index (χ0n) is 10.9. The minimum atomic E-state index is 1.14. The Balaban J connectivity index is 1.98. The lowest BCUT2D eigenvalue weighted by Crippen LogP contribution is -1.86. The predicted octanol–water partition coefficient (Wildman–Crippen LogP) is 5.78. The smallest absolute Gasteiger partial charge is 0.0560 e. The fourth-order valence-electron chi connectivity index (χ4n) is 2.29. The lowest BCUT2D eigenvalue weighted by molar-refractivity contribution is 1.59. The molecular weight excluding hydrogens is 357 g/mol. The SMILES string of the molecule is INc1ccccc1-c1ccc(-c2ccccc2)cc1.